The minimum Gasteiger partial charge on any atom is -0.494 e. The number of hydrogen-bond donors (Lipinski definition) is 1. The predicted octanol–water partition coefficient (Wildman–Crippen LogP) is 3.46. The molecule has 1 N–H and O–H groups in total. The summed E-state index contributed by atoms with van der Waals surface area (Å²) >= 11 is 6.06. The maximum absolute atomic E-state index is 12.6. The van der Waals surface area contributed by atoms with E-state index in [2.05, 4.69) is 22.2 Å². The van der Waals surface area contributed by atoms with Gasteiger partial charge in [0.05, 0.1) is 12.6 Å². The average Bonchev–Trinajstić information content (AvgIpc) is 2.71. The number of carbonyl (C=O) groups excluding carboxylic acids is 1. The van der Waals surface area contributed by atoms with Gasteiger partial charge < -0.3 is 15.0 Å². The number of likely N-dealkylation sites (N-methyl/N-ethyl adjacent to an activating group) is 1. The molecule has 0 saturated carbocycles. The molecule has 3 rings (SSSR count). The summed E-state index contributed by atoms with van der Waals surface area (Å²) < 4.78 is 5.44. The zero-order chi connectivity index (χ0) is 19.9. The first-order chi connectivity index (χ1) is 13.6. The third-order valence-electron chi connectivity index (χ3n) is 5.12. The van der Waals surface area contributed by atoms with Gasteiger partial charge in [-0.05, 0) is 55.9 Å². The van der Waals surface area contributed by atoms with E-state index < -0.39 is 0 Å². The van der Waals surface area contributed by atoms with Crippen LogP contribution in [0.4, 0.5) is 0 Å². The second-order valence-electron chi connectivity index (χ2n) is 7.07. The fourth-order valence-corrected chi connectivity index (χ4v) is 3.56. The first-order valence-corrected chi connectivity index (χ1v) is 10.1. The monoisotopic (exact) mass is 401 g/mol. The number of ether oxygens (including phenoxy) is 1. The van der Waals surface area contributed by atoms with Crippen molar-refractivity contribution in [1.29, 1.82) is 0 Å². The summed E-state index contributed by atoms with van der Waals surface area (Å²) in [5.74, 6) is 0.701. The summed E-state index contributed by atoms with van der Waals surface area (Å²) in [6.07, 6.45) is 0. The molecular formula is C22H28ClN3O2. The van der Waals surface area contributed by atoms with Crippen molar-refractivity contribution < 1.29 is 9.53 Å². The van der Waals surface area contributed by atoms with E-state index in [0.717, 1.165) is 37.0 Å². The second kappa shape index (κ2) is 9.92. The highest BCUT2D eigenvalue weighted by Crippen LogP contribution is 2.23. The van der Waals surface area contributed by atoms with Gasteiger partial charge in [0, 0.05) is 43.3 Å². The van der Waals surface area contributed by atoms with E-state index in [1.165, 1.54) is 5.56 Å². The Labute approximate surface area is 172 Å². The largest absolute Gasteiger partial charge is 0.494 e. The molecule has 0 spiro atoms. The molecule has 2 aromatic rings. The van der Waals surface area contributed by atoms with E-state index in [4.69, 9.17) is 16.3 Å². The van der Waals surface area contributed by atoms with Gasteiger partial charge in [0.25, 0.3) is 5.91 Å². The molecule has 0 bridgehead atoms. The van der Waals surface area contributed by atoms with Crippen LogP contribution in [-0.2, 0) is 0 Å². The molecule has 1 atom stereocenters. The summed E-state index contributed by atoms with van der Waals surface area (Å²) in [5, 5.41) is 3.83. The van der Waals surface area contributed by atoms with Gasteiger partial charge in [-0.3, -0.25) is 9.69 Å². The van der Waals surface area contributed by atoms with Crippen LogP contribution in [0.1, 0.15) is 28.9 Å². The Kier molecular flexibility index (Phi) is 7.31. The van der Waals surface area contributed by atoms with Crippen molar-refractivity contribution in [3.8, 4) is 5.75 Å². The topological polar surface area (TPSA) is 44.8 Å². The summed E-state index contributed by atoms with van der Waals surface area (Å²) in [6.45, 7) is 7.10. The zero-order valence-corrected chi connectivity index (χ0v) is 17.3. The summed E-state index contributed by atoms with van der Waals surface area (Å²) in [7, 11) is 2.14. The summed E-state index contributed by atoms with van der Waals surface area (Å²) in [5.41, 5.74) is 1.80. The molecule has 0 radical (unpaired) electrons. The quantitative estimate of drug-likeness (QED) is 0.771. The highest BCUT2D eigenvalue weighted by molar-refractivity contribution is 6.30. The molecule has 1 amide bonds. The summed E-state index contributed by atoms with van der Waals surface area (Å²) in [6, 6.07) is 15.3. The highest BCUT2D eigenvalue weighted by Gasteiger charge is 2.24. The maximum Gasteiger partial charge on any atom is 0.251 e. The number of nitrogens with zero attached hydrogens (tertiary/aromatic N) is 2. The number of benzene rings is 2. The molecule has 1 fully saturated rings. The van der Waals surface area contributed by atoms with Crippen molar-refractivity contribution in [2.24, 2.45) is 0 Å². The normalized spacial score (nSPS) is 16.5. The zero-order valence-electron chi connectivity index (χ0n) is 16.5. The molecule has 1 heterocycles. The number of nitrogens with one attached hydrogen (secondary N) is 1. The number of carbonyl (C=O) groups is 1. The van der Waals surface area contributed by atoms with Crippen LogP contribution in [0.25, 0.3) is 0 Å². The first kappa shape index (κ1) is 20.6. The number of hydrogen-bond acceptors (Lipinski definition) is 4. The van der Waals surface area contributed by atoms with Crippen LogP contribution in [0, 0.1) is 0 Å². The highest BCUT2D eigenvalue weighted by atomic mass is 35.5. The maximum atomic E-state index is 12.6. The fourth-order valence-electron chi connectivity index (χ4n) is 3.44. The van der Waals surface area contributed by atoms with Gasteiger partial charge in [-0.1, -0.05) is 23.7 Å². The number of piperazine rings is 1. The molecule has 150 valence electrons. The molecule has 1 aliphatic heterocycles. The Bertz CT molecular complexity index is 756. The van der Waals surface area contributed by atoms with Crippen molar-refractivity contribution in [2.75, 3.05) is 46.4 Å². The minimum absolute atomic E-state index is 0.0730. The molecule has 2 aromatic carbocycles. The lowest BCUT2D eigenvalue weighted by atomic mass is 10.0. The smallest absolute Gasteiger partial charge is 0.251 e. The van der Waals surface area contributed by atoms with Gasteiger partial charge in [0.15, 0.2) is 0 Å². The van der Waals surface area contributed by atoms with Crippen LogP contribution in [0.2, 0.25) is 5.02 Å². The van der Waals surface area contributed by atoms with Crippen LogP contribution < -0.4 is 10.1 Å². The number of rotatable bonds is 7. The molecule has 0 aromatic heterocycles. The standard InChI is InChI=1S/C22H28ClN3O2/c1-3-28-20-10-6-18(7-11-20)22(27)24-16-21(17-4-8-19(23)9-5-17)26-14-12-25(2)13-15-26/h4-11,21H,3,12-16H2,1-2H3,(H,24,27). The fraction of sp³-hybridized carbons (Fsp3) is 0.409. The van der Waals surface area contributed by atoms with Crippen LogP contribution in [0.3, 0.4) is 0 Å². The average molecular weight is 402 g/mol. The molecule has 1 saturated heterocycles. The molecule has 1 aliphatic rings. The Morgan fingerprint density at radius 3 is 2.32 bits per heavy atom. The van der Waals surface area contributed by atoms with E-state index in [1.807, 2.05) is 43.3 Å². The Hall–Kier alpha value is -2.08. The van der Waals surface area contributed by atoms with E-state index in [-0.39, 0.29) is 11.9 Å². The number of amides is 1. The third-order valence-corrected chi connectivity index (χ3v) is 5.37. The van der Waals surface area contributed by atoms with Crippen molar-refractivity contribution in [3.63, 3.8) is 0 Å². The molecule has 6 heteroatoms. The lowest BCUT2D eigenvalue weighted by Crippen LogP contribution is -2.48. The van der Waals surface area contributed by atoms with Crippen LogP contribution in [0.15, 0.2) is 48.5 Å². The SMILES string of the molecule is CCOc1ccc(C(=O)NCC(c2ccc(Cl)cc2)N2CCN(C)CC2)cc1. The number of halogens is 1. The molecule has 1 unspecified atom stereocenters. The van der Waals surface area contributed by atoms with E-state index in [0.29, 0.717) is 18.7 Å². The lowest BCUT2D eigenvalue weighted by Gasteiger charge is -2.38. The predicted molar refractivity (Wildman–Crippen MR) is 113 cm³/mol. The van der Waals surface area contributed by atoms with Gasteiger partial charge in [0.2, 0.25) is 0 Å². The van der Waals surface area contributed by atoms with E-state index in [9.17, 15) is 4.79 Å². The van der Waals surface area contributed by atoms with Gasteiger partial charge in [-0.2, -0.15) is 0 Å². The van der Waals surface area contributed by atoms with Crippen LogP contribution >= 0.6 is 11.6 Å². The third kappa shape index (κ3) is 5.47. The molecule has 5 nitrogen and oxygen atoms in total. The van der Waals surface area contributed by atoms with Gasteiger partial charge >= 0.3 is 0 Å². The molecule has 28 heavy (non-hydrogen) atoms. The minimum atomic E-state index is -0.0730. The first-order valence-electron chi connectivity index (χ1n) is 9.76. The van der Waals surface area contributed by atoms with Gasteiger partial charge in [-0.15, -0.1) is 0 Å². The van der Waals surface area contributed by atoms with Gasteiger partial charge in [-0.25, -0.2) is 0 Å². The summed E-state index contributed by atoms with van der Waals surface area (Å²) in [4.78, 5) is 17.4. The molecular weight excluding hydrogens is 374 g/mol. The Balaban J connectivity index is 1.68. The Morgan fingerprint density at radius 2 is 1.71 bits per heavy atom. The molecule has 0 aliphatic carbocycles. The van der Waals surface area contributed by atoms with Crippen molar-refractivity contribution in [3.05, 3.63) is 64.7 Å². The van der Waals surface area contributed by atoms with Gasteiger partial charge in [0.1, 0.15) is 5.75 Å². The van der Waals surface area contributed by atoms with Crippen LogP contribution in [-0.4, -0.2) is 62.1 Å². The van der Waals surface area contributed by atoms with Crippen molar-refractivity contribution >= 4 is 17.5 Å². The van der Waals surface area contributed by atoms with E-state index >= 15 is 0 Å². The Morgan fingerprint density at radius 1 is 1.07 bits per heavy atom. The van der Waals surface area contributed by atoms with E-state index in [1.54, 1.807) is 12.1 Å². The van der Waals surface area contributed by atoms with Crippen molar-refractivity contribution in [1.82, 2.24) is 15.1 Å². The lowest BCUT2D eigenvalue weighted by molar-refractivity contribution is 0.0886. The van der Waals surface area contributed by atoms with Crippen LogP contribution in [0.5, 0.6) is 5.75 Å². The second-order valence-corrected chi connectivity index (χ2v) is 7.51. The van der Waals surface area contributed by atoms with Crippen molar-refractivity contribution in [2.45, 2.75) is 13.0 Å².